The molecule has 2 rings (SSSR count). The van der Waals surface area contributed by atoms with Crippen LogP contribution in [0.1, 0.15) is 46.1 Å². The summed E-state index contributed by atoms with van der Waals surface area (Å²) in [4.78, 5) is 0. The van der Waals surface area contributed by atoms with E-state index in [4.69, 9.17) is 9.47 Å². The van der Waals surface area contributed by atoms with Gasteiger partial charge in [0, 0.05) is 5.92 Å². The predicted molar refractivity (Wildman–Crippen MR) is 84.1 cm³/mol. The number of ether oxygens (including phenoxy) is 2. The van der Waals surface area contributed by atoms with Gasteiger partial charge in [-0.15, -0.1) is 0 Å². The Hall–Kier alpha value is -0.900. The van der Waals surface area contributed by atoms with E-state index in [0.29, 0.717) is 13.2 Å². The highest BCUT2D eigenvalue weighted by Gasteiger charge is 2.51. The number of hydrogen-bond acceptors (Lipinski definition) is 3. The zero-order chi connectivity index (χ0) is 15.5. The number of aliphatic hydroxyl groups excluding tert-OH is 1. The van der Waals surface area contributed by atoms with E-state index in [-0.39, 0.29) is 23.2 Å². The number of benzene rings is 1. The molecule has 21 heavy (non-hydrogen) atoms. The van der Waals surface area contributed by atoms with Crippen molar-refractivity contribution in [3.8, 4) is 0 Å². The van der Waals surface area contributed by atoms with Gasteiger partial charge in [-0.2, -0.15) is 0 Å². The molecule has 3 heteroatoms. The number of aliphatic hydroxyl groups is 1. The Labute approximate surface area is 128 Å². The van der Waals surface area contributed by atoms with Crippen molar-refractivity contribution in [3.05, 3.63) is 35.9 Å². The third kappa shape index (κ3) is 3.85. The minimum absolute atomic E-state index is 0.151. The summed E-state index contributed by atoms with van der Waals surface area (Å²) >= 11 is 0. The molecular formula is C18H28O3. The molecule has 3 nitrogen and oxygen atoms in total. The summed E-state index contributed by atoms with van der Waals surface area (Å²) in [5.41, 5.74) is 0.591. The SMILES string of the molecule is CCC1(COCc2ccccc2)CC(C(C)O)C(C)(C)O1. The lowest BCUT2D eigenvalue weighted by atomic mass is 9.82. The molecular weight excluding hydrogens is 264 g/mol. The maximum Gasteiger partial charge on any atom is 0.0924 e. The average molecular weight is 292 g/mol. The van der Waals surface area contributed by atoms with Gasteiger partial charge in [-0.1, -0.05) is 37.3 Å². The average Bonchev–Trinajstić information content (AvgIpc) is 2.72. The number of rotatable bonds is 6. The molecule has 1 aromatic rings. The summed E-state index contributed by atoms with van der Waals surface area (Å²) in [6, 6.07) is 10.2. The summed E-state index contributed by atoms with van der Waals surface area (Å²) in [6.07, 6.45) is 1.39. The Morgan fingerprint density at radius 1 is 1.33 bits per heavy atom. The van der Waals surface area contributed by atoms with Gasteiger partial charge >= 0.3 is 0 Å². The quantitative estimate of drug-likeness (QED) is 0.871. The highest BCUT2D eigenvalue weighted by atomic mass is 16.6. The third-order valence-electron chi connectivity index (χ3n) is 4.67. The van der Waals surface area contributed by atoms with Crippen LogP contribution in [0.5, 0.6) is 0 Å². The van der Waals surface area contributed by atoms with E-state index in [1.165, 1.54) is 5.56 Å². The Morgan fingerprint density at radius 2 is 2.00 bits per heavy atom. The van der Waals surface area contributed by atoms with Crippen molar-refractivity contribution < 1.29 is 14.6 Å². The first-order valence-corrected chi connectivity index (χ1v) is 7.88. The lowest BCUT2D eigenvalue weighted by Crippen LogP contribution is -2.37. The number of hydrogen-bond donors (Lipinski definition) is 1. The molecule has 0 spiro atoms. The molecule has 3 unspecified atom stereocenters. The van der Waals surface area contributed by atoms with Gasteiger partial charge in [-0.3, -0.25) is 0 Å². The standard InChI is InChI=1S/C18H28O3/c1-5-18(11-16(14(2)19)17(3,4)21-18)13-20-12-15-9-7-6-8-10-15/h6-10,14,16,19H,5,11-13H2,1-4H3. The monoisotopic (exact) mass is 292 g/mol. The fourth-order valence-corrected chi connectivity index (χ4v) is 3.41. The van der Waals surface area contributed by atoms with Crippen molar-refractivity contribution in [2.24, 2.45) is 5.92 Å². The molecule has 1 fully saturated rings. The van der Waals surface area contributed by atoms with Crippen LogP contribution in [-0.2, 0) is 16.1 Å². The van der Waals surface area contributed by atoms with Gasteiger partial charge in [0.25, 0.3) is 0 Å². The molecule has 1 aliphatic heterocycles. The van der Waals surface area contributed by atoms with Gasteiger partial charge in [0.1, 0.15) is 0 Å². The molecule has 1 saturated heterocycles. The molecule has 1 N–H and O–H groups in total. The van der Waals surface area contributed by atoms with Crippen molar-refractivity contribution in [2.75, 3.05) is 6.61 Å². The molecule has 1 aromatic carbocycles. The van der Waals surface area contributed by atoms with Crippen LogP contribution in [0.3, 0.4) is 0 Å². The van der Waals surface area contributed by atoms with Crippen molar-refractivity contribution in [1.29, 1.82) is 0 Å². The highest BCUT2D eigenvalue weighted by Crippen LogP contribution is 2.45. The van der Waals surface area contributed by atoms with Crippen LogP contribution < -0.4 is 0 Å². The van der Waals surface area contributed by atoms with Crippen LogP contribution in [0.25, 0.3) is 0 Å². The molecule has 0 radical (unpaired) electrons. The van der Waals surface area contributed by atoms with Crippen LogP contribution in [0.15, 0.2) is 30.3 Å². The minimum Gasteiger partial charge on any atom is -0.393 e. The summed E-state index contributed by atoms with van der Waals surface area (Å²) in [5.74, 6) is 0.151. The zero-order valence-electron chi connectivity index (χ0n) is 13.6. The molecule has 0 bridgehead atoms. The normalized spacial score (nSPS) is 29.5. The van der Waals surface area contributed by atoms with Gasteiger partial charge < -0.3 is 14.6 Å². The lowest BCUT2D eigenvalue weighted by Gasteiger charge is -2.31. The van der Waals surface area contributed by atoms with Gasteiger partial charge in [-0.25, -0.2) is 0 Å². The Kier molecular flexibility index (Phi) is 5.07. The molecule has 0 aromatic heterocycles. The van der Waals surface area contributed by atoms with Crippen LogP contribution in [0.4, 0.5) is 0 Å². The van der Waals surface area contributed by atoms with E-state index in [1.807, 2.05) is 25.1 Å². The summed E-state index contributed by atoms with van der Waals surface area (Å²) in [6.45, 7) is 9.30. The molecule has 0 saturated carbocycles. The molecule has 0 aliphatic carbocycles. The third-order valence-corrected chi connectivity index (χ3v) is 4.67. The van der Waals surface area contributed by atoms with Crippen LogP contribution >= 0.6 is 0 Å². The van der Waals surface area contributed by atoms with Crippen LogP contribution in [0, 0.1) is 5.92 Å². The Morgan fingerprint density at radius 3 is 2.52 bits per heavy atom. The molecule has 118 valence electrons. The van der Waals surface area contributed by atoms with Crippen LogP contribution in [0.2, 0.25) is 0 Å². The van der Waals surface area contributed by atoms with Gasteiger partial charge in [0.15, 0.2) is 0 Å². The van der Waals surface area contributed by atoms with Gasteiger partial charge in [0.05, 0.1) is 30.5 Å². The first-order valence-electron chi connectivity index (χ1n) is 7.88. The fourth-order valence-electron chi connectivity index (χ4n) is 3.41. The summed E-state index contributed by atoms with van der Waals surface area (Å²) < 4.78 is 12.2. The lowest BCUT2D eigenvalue weighted by molar-refractivity contribution is -0.135. The second-order valence-corrected chi connectivity index (χ2v) is 6.77. The highest BCUT2D eigenvalue weighted by molar-refractivity contribution is 5.13. The van der Waals surface area contributed by atoms with E-state index < -0.39 is 0 Å². The molecule has 1 heterocycles. The van der Waals surface area contributed by atoms with E-state index >= 15 is 0 Å². The minimum atomic E-state index is -0.359. The van der Waals surface area contributed by atoms with Crippen molar-refractivity contribution >= 4 is 0 Å². The maximum absolute atomic E-state index is 10.00. The first kappa shape index (κ1) is 16.5. The van der Waals surface area contributed by atoms with Crippen molar-refractivity contribution in [2.45, 2.75) is 64.4 Å². The van der Waals surface area contributed by atoms with E-state index in [9.17, 15) is 5.11 Å². The summed E-state index contributed by atoms with van der Waals surface area (Å²) in [5, 5.41) is 10.00. The fraction of sp³-hybridized carbons (Fsp3) is 0.667. The second kappa shape index (κ2) is 6.47. The summed E-state index contributed by atoms with van der Waals surface area (Å²) in [7, 11) is 0. The van der Waals surface area contributed by atoms with E-state index in [2.05, 4.69) is 32.9 Å². The second-order valence-electron chi connectivity index (χ2n) is 6.77. The topological polar surface area (TPSA) is 38.7 Å². The van der Waals surface area contributed by atoms with Gasteiger partial charge in [-0.05, 0) is 39.2 Å². The Bertz CT molecular complexity index is 441. The van der Waals surface area contributed by atoms with E-state index in [1.54, 1.807) is 0 Å². The molecule has 3 atom stereocenters. The first-order chi connectivity index (χ1) is 9.88. The molecule has 1 aliphatic rings. The van der Waals surface area contributed by atoms with Crippen LogP contribution in [-0.4, -0.2) is 29.0 Å². The Balaban J connectivity index is 1.96. The maximum atomic E-state index is 10.00. The largest absolute Gasteiger partial charge is 0.393 e. The zero-order valence-corrected chi connectivity index (χ0v) is 13.6. The molecule has 0 amide bonds. The smallest absolute Gasteiger partial charge is 0.0924 e. The van der Waals surface area contributed by atoms with Gasteiger partial charge in [0.2, 0.25) is 0 Å². The van der Waals surface area contributed by atoms with E-state index in [0.717, 1.165) is 12.8 Å². The van der Waals surface area contributed by atoms with Crippen molar-refractivity contribution in [3.63, 3.8) is 0 Å². The predicted octanol–water partition coefficient (Wildman–Crippen LogP) is 3.55. The van der Waals surface area contributed by atoms with Crippen molar-refractivity contribution in [1.82, 2.24) is 0 Å².